The van der Waals surface area contributed by atoms with E-state index in [-0.39, 0.29) is 44.4 Å². The van der Waals surface area contributed by atoms with E-state index in [9.17, 15) is 30.3 Å². The van der Waals surface area contributed by atoms with Crippen LogP contribution in [0.4, 0.5) is 0 Å². The third kappa shape index (κ3) is 7.45. The number of hydrogen-bond donors (Lipinski definition) is 11. The summed E-state index contributed by atoms with van der Waals surface area (Å²) in [5.41, 5.74) is 35.2. The zero-order chi connectivity index (χ0) is 29.7. The molecule has 3 aliphatic rings. The molecule has 16 heteroatoms. The number of guanidine groups is 1. The van der Waals surface area contributed by atoms with Crippen LogP contribution in [-0.2, 0) is 19.0 Å². The van der Waals surface area contributed by atoms with Crippen molar-refractivity contribution in [1.29, 1.82) is 0 Å². The molecule has 3 fully saturated rings. The fourth-order valence-electron chi connectivity index (χ4n) is 6.07. The molecule has 40 heavy (non-hydrogen) atoms. The Labute approximate surface area is 233 Å². The van der Waals surface area contributed by atoms with E-state index in [2.05, 4.69) is 4.99 Å². The van der Waals surface area contributed by atoms with E-state index in [4.69, 9.17) is 48.6 Å². The van der Waals surface area contributed by atoms with Gasteiger partial charge in [0.2, 0.25) is 0 Å². The third-order valence-corrected chi connectivity index (χ3v) is 8.24. The largest absolute Gasteiger partial charge is 0.394 e. The number of aliphatic imine (C=N–C) groups is 1. The van der Waals surface area contributed by atoms with Gasteiger partial charge >= 0.3 is 0 Å². The summed E-state index contributed by atoms with van der Waals surface area (Å²) in [6.07, 6.45) is -9.34. The maximum Gasteiger partial charge on any atom is 0.186 e. The number of nitrogens with zero attached hydrogens (tertiary/aromatic N) is 1. The lowest BCUT2D eigenvalue weighted by Gasteiger charge is -2.50. The van der Waals surface area contributed by atoms with Gasteiger partial charge in [-0.3, -0.25) is 4.79 Å². The van der Waals surface area contributed by atoms with Gasteiger partial charge in [0, 0.05) is 24.9 Å². The maximum absolute atomic E-state index is 12.8. The Kier molecular flexibility index (Phi) is 12.0. The lowest BCUT2D eigenvalue weighted by molar-refractivity contribution is -0.310. The molecule has 232 valence electrons. The van der Waals surface area contributed by atoms with E-state index >= 15 is 0 Å². The number of aliphatic hydroxyl groups excluding tert-OH is 5. The van der Waals surface area contributed by atoms with Crippen molar-refractivity contribution < 1.29 is 44.5 Å². The molecular weight excluding hydrogens is 530 g/mol. The number of ketones is 1. The predicted molar refractivity (Wildman–Crippen MR) is 142 cm³/mol. The second-order valence-corrected chi connectivity index (χ2v) is 11.0. The quantitative estimate of drug-likeness (QED) is 0.0804. The minimum absolute atomic E-state index is 0.0558. The summed E-state index contributed by atoms with van der Waals surface area (Å²) in [5.74, 6) is -2.18. The van der Waals surface area contributed by atoms with Crippen molar-refractivity contribution in [2.24, 2.45) is 51.2 Å². The first kappa shape index (κ1) is 33.0. The summed E-state index contributed by atoms with van der Waals surface area (Å²) in [6, 6.07) is -2.47. The molecule has 14 atom stereocenters. The van der Waals surface area contributed by atoms with Crippen LogP contribution in [0.5, 0.6) is 0 Å². The molecule has 1 saturated carbocycles. The van der Waals surface area contributed by atoms with Gasteiger partial charge in [0.05, 0.1) is 43.1 Å². The van der Waals surface area contributed by atoms with Gasteiger partial charge < -0.3 is 74.1 Å². The average Bonchev–Trinajstić information content (AvgIpc) is 2.91. The predicted octanol–water partition coefficient (Wildman–Crippen LogP) is -5.72. The highest BCUT2D eigenvalue weighted by Crippen LogP contribution is 2.41. The monoisotopic (exact) mass is 577 g/mol. The first-order valence-corrected chi connectivity index (χ1v) is 13.8. The second-order valence-electron chi connectivity index (χ2n) is 11.0. The molecule has 0 aromatic rings. The number of rotatable bonds is 11. The van der Waals surface area contributed by atoms with Gasteiger partial charge in [-0.1, -0.05) is 0 Å². The van der Waals surface area contributed by atoms with Gasteiger partial charge in [0.1, 0.15) is 24.4 Å². The van der Waals surface area contributed by atoms with Crippen molar-refractivity contribution in [3.05, 3.63) is 0 Å². The SMILES string of the molecule is NCCC(O)C(=O)CC1CC(N)C(C2OC(CN)CCC2N=C(N)N)C(O)C1OC1OC(CO)C(O)C(N)C1O. The Morgan fingerprint density at radius 2 is 1.75 bits per heavy atom. The molecule has 17 N–H and O–H groups in total. The van der Waals surface area contributed by atoms with Crippen molar-refractivity contribution in [1.82, 2.24) is 0 Å². The Morgan fingerprint density at radius 1 is 1.05 bits per heavy atom. The summed E-state index contributed by atoms with van der Waals surface area (Å²) in [7, 11) is 0. The van der Waals surface area contributed by atoms with E-state index in [0.717, 1.165) is 0 Å². The minimum Gasteiger partial charge on any atom is -0.394 e. The van der Waals surface area contributed by atoms with Crippen LogP contribution in [0.2, 0.25) is 0 Å². The maximum atomic E-state index is 12.8. The normalized spacial score (nSPS) is 43.2. The number of nitrogens with two attached hydrogens (primary N) is 6. The Morgan fingerprint density at radius 3 is 2.35 bits per heavy atom. The van der Waals surface area contributed by atoms with E-state index < -0.39 is 91.4 Å². The molecule has 0 aromatic heterocycles. The first-order valence-electron chi connectivity index (χ1n) is 13.8. The number of Topliss-reactive ketones (excluding diaryl/α,β-unsaturated/α-hetero) is 1. The number of hydrogen-bond acceptors (Lipinski definition) is 14. The van der Waals surface area contributed by atoms with Gasteiger partial charge in [0.15, 0.2) is 18.0 Å². The van der Waals surface area contributed by atoms with Crippen molar-refractivity contribution in [2.45, 2.75) is 105 Å². The Balaban J connectivity index is 1.93. The van der Waals surface area contributed by atoms with Gasteiger partial charge in [-0.2, -0.15) is 0 Å². The lowest BCUT2D eigenvalue weighted by Crippen LogP contribution is -2.66. The number of carbonyl (C=O) groups excluding carboxylic acids is 1. The molecule has 0 bridgehead atoms. The van der Waals surface area contributed by atoms with E-state index in [1.807, 2.05) is 0 Å². The molecule has 16 nitrogen and oxygen atoms in total. The van der Waals surface area contributed by atoms with Crippen molar-refractivity contribution in [2.75, 3.05) is 19.7 Å². The molecule has 2 aliphatic heterocycles. The molecule has 0 amide bonds. The van der Waals surface area contributed by atoms with Crippen LogP contribution >= 0.6 is 0 Å². The summed E-state index contributed by atoms with van der Waals surface area (Å²) in [6.45, 7) is -0.282. The molecule has 0 radical (unpaired) electrons. The Bertz CT molecular complexity index is 852. The van der Waals surface area contributed by atoms with E-state index in [1.54, 1.807) is 0 Å². The van der Waals surface area contributed by atoms with Gasteiger partial charge in [-0.25, -0.2) is 4.99 Å². The van der Waals surface area contributed by atoms with Crippen LogP contribution in [-0.4, -0.2) is 130 Å². The first-order chi connectivity index (χ1) is 18.9. The van der Waals surface area contributed by atoms with E-state index in [0.29, 0.717) is 12.8 Å². The highest BCUT2D eigenvalue weighted by molar-refractivity contribution is 5.83. The highest BCUT2D eigenvalue weighted by Gasteiger charge is 2.53. The van der Waals surface area contributed by atoms with Gasteiger partial charge in [0.25, 0.3) is 0 Å². The smallest absolute Gasteiger partial charge is 0.186 e. The lowest BCUT2D eigenvalue weighted by atomic mass is 9.68. The van der Waals surface area contributed by atoms with Crippen LogP contribution in [0.1, 0.15) is 32.1 Å². The molecule has 2 heterocycles. The highest BCUT2D eigenvalue weighted by atomic mass is 16.7. The fraction of sp³-hybridized carbons (Fsp3) is 0.917. The molecular formula is C24H47N7O9. The number of carbonyl (C=O) groups is 1. The number of ether oxygens (including phenoxy) is 3. The molecule has 0 spiro atoms. The summed E-state index contributed by atoms with van der Waals surface area (Å²) >= 11 is 0. The summed E-state index contributed by atoms with van der Waals surface area (Å²) in [4.78, 5) is 17.1. The van der Waals surface area contributed by atoms with Crippen LogP contribution in [0.3, 0.4) is 0 Å². The van der Waals surface area contributed by atoms with Crippen molar-refractivity contribution >= 4 is 11.7 Å². The summed E-state index contributed by atoms with van der Waals surface area (Å²) in [5, 5.41) is 52.6. The average molecular weight is 578 g/mol. The Hall–Kier alpha value is -1.54. The van der Waals surface area contributed by atoms with Crippen LogP contribution in [0, 0.1) is 11.8 Å². The molecule has 14 unspecified atom stereocenters. The minimum atomic E-state index is -1.53. The van der Waals surface area contributed by atoms with Crippen molar-refractivity contribution in [3.63, 3.8) is 0 Å². The zero-order valence-corrected chi connectivity index (χ0v) is 22.5. The van der Waals surface area contributed by atoms with Crippen LogP contribution in [0.15, 0.2) is 4.99 Å². The van der Waals surface area contributed by atoms with Gasteiger partial charge in [-0.15, -0.1) is 0 Å². The van der Waals surface area contributed by atoms with Crippen molar-refractivity contribution in [3.8, 4) is 0 Å². The van der Waals surface area contributed by atoms with Crippen LogP contribution in [0.25, 0.3) is 0 Å². The molecule has 0 aromatic carbocycles. The standard InChI is InChI=1S/C24H47N7O9/c25-4-3-13(33)14(34)6-9-5-11(27)16(22-12(31-24(29)30)2-1-10(7-26)38-22)19(36)21(9)40-23-20(37)17(28)18(35)15(8-32)39-23/h9-13,15-23,32-33,35-37H,1-8,25-28H2,(H4,29,30,31). The molecule has 3 rings (SSSR count). The third-order valence-electron chi connectivity index (χ3n) is 8.24. The number of aliphatic hydroxyl groups is 5. The topological polar surface area (TPSA) is 314 Å². The molecule has 2 saturated heterocycles. The molecule has 1 aliphatic carbocycles. The fourth-order valence-corrected chi connectivity index (χ4v) is 6.07. The zero-order valence-electron chi connectivity index (χ0n) is 22.5. The van der Waals surface area contributed by atoms with Crippen LogP contribution < -0.4 is 34.4 Å². The van der Waals surface area contributed by atoms with E-state index in [1.165, 1.54) is 0 Å². The second kappa shape index (κ2) is 14.6. The summed E-state index contributed by atoms with van der Waals surface area (Å²) < 4.78 is 17.9. The van der Waals surface area contributed by atoms with Gasteiger partial charge in [-0.05, 0) is 38.1 Å².